The van der Waals surface area contributed by atoms with Crippen LogP contribution in [-0.2, 0) is 6.54 Å². The standard InChI is InChI=1S/C24H32N8/c1-16(2)20-15-29-32-23(28-14-19-13-27-22-6-4-5-17(3)31(19)22)11-21(30-24(20)32)26-12-18-7-9-25-10-8-18/h4-6,11,13,15-16,18,25,28H,7-10,12,14H2,1-3H3,(H,26,30). The molecule has 0 atom stereocenters. The van der Waals surface area contributed by atoms with Crippen LogP contribution in [0.15, 0.2) is 36.7 Å². The first-order chi connectivity index (χ1) is 15.6. The molecule has 168 valence electrons. The van der Waals surface area contributed by atoms with Gasteiger partial charge in [-0.2, -0.15) is 9.61 Å². The molecule has 1 aliphatic heterocycles. The second-order valence-electron chi connectivity index (χ2n) is 9.05. The Hall–Kier alpha value is -3.13. The number of aromatic nitrogens is 5. The number of anilines is 2. The third-order valence-corrected chi connectivity index (χ3v) is 6.40. The van der Waals surface area contributed by atoms with Gasteiger partial charge in [-0.15, -0.1) is 0 Å². The Morgan fingerprint density at radius 3 is 2.81 bits per heavy atom. The second kappa shape index (κ2) is 8.78. The lowest BCUT2D eigenvalue weighted by molar-refractivity contribution is 0.389. The van der Waals surface area contributed by atoms with Crippen LogP contribution >= 0.6 is 0 Å². The lowest BCUT2D eigenvalue weighted by Crippen LogP contribution is -2.31. The molecule has 0 bridgehead atoms. The van der Waals surface area contributed by atoms with Crippen molar-refractivity contribution in [3.63, 3.8) is 0 Å². The van der Waals surface area contributed by atoms with E-state index in [2.05, 4.69) is 63.3 Å². The number of imidazole rings is 1. The predicted octanol–water partition coefficient (Wildman–Crippen LogP) is 3.83. The van der Waals surface area contributed by atoms with E-state index in [4.69, 9.17) is 4.98 Å². The van der Waals surface area contributed by atoms with Gasteiger partial charge in [0.05, 0.1) is 24.6 Å². The summed E-state index contributed by atoms with van der Waals surface area (Å²) < 4.78 is 4.10. The van der Waals surface area contributed by atoms with Crippen molar-refractivity contribution in [2.75, 3.05) is 30.3 Å². The third kappa shape index (κ3) is 4.02. The summed E-state index contributed by atoms with van der Waals surface area (Å²) >= 11 is 0. The highest BCUT2D eigenvalue weighted by Gasteiger charge is 2.17. The Morgan fingerprint density at radius 1 is 1.16 bits per heavy atom. The maximum absolute atomic E-state index is 4.93. The monoisotopic (exact) mass is 432 g/mol. The Bertz CT molecular complexity index is 1220. The fourth-order valence-electron chi connectivity index (χ4n) is 4.52. The maximum atomic E-state index is 4.93. The molecule has 1 fully saturated rings. The fraction of sp³-hybridized carbons (Fsp3) is 0.458. The highest BCUT2D eigenvalue weighted by atomic mass is 15.3. The Morgan fingerprint density at radius 2 is 2.00 bits per heavy atom. The Kier molecular flexibility index (Phi) is 5.70. The van der Waals surface area contributed by atoms with Gasteiger partial charge in [-0.3, -0.25) is 4.40 Å². The first-order valence-corrected chi connectivity index (χ1v) is 11.6. The highest BCUT2D eigenvalue weighted by molar-refractivity contribution is 5.61. The molecule has 4 aromatic rings. The lowest BCUT2D eigenvalue weighted by Gasteiger charge is -2.23. The van der Waals surface area contributed by atoms with E-state index in [1.165, 1.54) is 18.5 Å². The number of nitrogens with one attached hydrogen (secondary N) is 3. The molecule has 0 aromatic carbocycles. The summed E-state index contributed by atoms with van der Waals surface area (Å²) in [5.41, 5.74) is 5.31. The van der Waals surface area contributed by atoms with Crippen molar-refractivity contribution in [3.05, 3.63) is 53.6 Å². The van der Waals surface area contributed by atoms with Crippen LogP contribution in [0.1, 0.15) is 49.6 Å². The number of hydrogen-bond acceptors (Lipinski definition) is 6. The minimum atomic E-state index is 0.356. The van der Waals surface area contributed by atoms with Gasteiger partial charge in [0.25, 0.3) is 0 Å². The largest absolute Gasteiger partial charge is 0.370 e. The van der Waals surface area contributed by atoms with Crippen LogP contribution in [0.25, 0.3) is 11.3 Å². The number of aryl methyl sites for hydroxylation is 1. The summed E-state index contributed by atoms with van der Waals surface area (Å²) in [6.07, 6.45) is 6.29. The van der Waals surface area contributed by atoms with Crippen LogP contribution in [-0.4, -0.2) is 43.6 Å². The van der Waals surface area contributed by atoms with Gasteiger partial charge in [0.15, 0.2) is 5.65 Å². The van der Waals surface area contributed by atoms with Crippen molar-refractivity contribution in [3.8, 4) is 0 Å². The van der Waals surface area contributed by atoms with E-state index in [-0.39, 0.29) is 0 Å². The zero-order chi connectivity index (χ0) is 22.1. The number of nitrogens with zero attached hydrogens (tertiary/aromatic N) is 5. The van der Waals surface area contributed by atoms with Gasteiger partial charge in [0, 0.05) is 23.9 Å². The smallest absolute Gasteiger partial charge is 0.163 e. The molecule has 5 heterocycles. The van der Waals surface area contributed by atoms with E-state index >= 15 is 0 Å². The summed E-state index contributed by atoms with van der Waals surface area (Å²) in [6, 6.07) is 8.25. The molecular weight excluding hydrogens is 400 g/mol. The van der Waals surface area contributed by atoms with Crippen LogP contribution in [0.3, 0.4) is 0 Å². The van der Waals surface area contributed by atoms with Gasteiger partial charge >= 0.3 is 0 Å². The van der Waals surface area contributed by atoms with Crippen LogP contribution < -0.4 is 16.0 Å². The molecule has 0 amide bonds. The van der Waals surface area contributed by atoms with E-state index in [0.29, 0.717) is 18.4 Å². The molecule has 0 radical (unpaired) electrons. The number of rotatable bonds is 7. The summed E-state index contributed by atoms with van der Waals surface area (Å²) in [6.45, 7) is 10.3. The maximum Gasteiger partial charge on any atom is 0.163 e. The van der Waals surface area contributed by atoms with Crippen molar-refractivity contribution >= 4 is 22.9 Å². The molecule has 1 aliphatic rings. The van der Waals surface area contributed by atoms with Gasteiger partial charge in [-0.25, -0.2) is 9.97 Å². The summed E-state index contributed by atoms with van der Waals surface area (Å²) in [7, 11) is 0. The molecule has 0 aliphatic carbocycles. The molecule has 5 rings (SSSR count). The third-order valence-electron chi connectivity index (χ3n) is 6.40. The van der Waals surface area contributed by atoms with E-state index in [0.717, 1.165) is 53.8 Å². The van der Waals surface area contributed by atoms with Gasteiger partial charge < -0.3 is 16.0 Å². The Labute approximate surface area is 188 Å². The zero-order valence-electron chi connectivity index (χ0n) is 19.1. The molecule has 8 nitrogen and oxygen atoms in total. The van der Waals surface area contributed by atoms with E-state index in [1.54, 1.807) is 0 Å². The number of piperidine rings is 1. The van der Waals surface area contributed by atoms with Crippen LogP contribution in [0, 0.1) is 12.8 Å². The summed E-state index contributed by atoms with van der Waals surface area (Å²) in [5.74, 6) is 2.86. The van der Waals surface area contributed by atoms with Crippen molar-refractivity contribution in [2.45, 2.75) is 46.1 Å². The number of pyridine rings is 1. The predicted molar refractivity (Wildman–Crippen MR) is 128 cm³/mol. The zero-order valence-corrected chi connectivity index (χ0v) is 19.1. The van der Waals surface area contributed by atoms with Gasteiger partial charge in [-0.1, -0.05) is 19.9 Å². The first kappa shape index (κ1) is 20.8. The van der Waals surface area contributed by atoms with Gasteiger partial charge in [-0.05, 0) is 56.8 Å². The van der Waals surface area contributed by atoms with Crippen molar-refractivity contribution in [1.29, 1.82) is 0 Å². The molecule has 0 spiro atoms. The average Bonchev–Trinajstić information content (AvgIpc) is 3.42. The molecule has 8 heteroatoms. The summed E-state index contributed by atoms with van der Waals surface area (Å²) in [4.78, 5) is 9.48. The van der Waals surface area contributed by atoms with Crippen molar-refractivity contribution in [2.24, 2.45) is 5.92 Å². The number of hydrogen-bond donors (Lipinski definition) is 3. The van der Waals surface area contributed by atoms with Crippen LogP contribution in [0.2, 0.25) is 0 Å². The molecule has 3 N–H and O–H groups in total. The molecule has 4 aromatic heterocycles. The van der Waals surface area contributed by atoms with Crippen LogP contribution in [0.5, 0.6) is 0 Å². The van der Waals surface area contributed by atoms with Gasteiger partial charge in [0.2, 0.25) is 0 Å². The SMILES string of the molecule is Cc1cccc2ncc(CNc3cc(NCC4CCNCC4)nc4c(C(C)C)cnn34)n12. The van der Waals surface area contributed by atoms with E-state index in [9.17, 15) is 0 Å². The summed E-state index contributed by atoms with van der Waals surface area (Å²) in [5, 5.41) is 15.3. The molecule has 1 saturated heterocycles. The molecular formula is C24H32N8. The highest BCUT2D eigenvalue weighted by Crippen LogP contribution is 2.25. The topological polar surface area (TPSA) is 83.6 Å². The quantitative estimate of drug-likeness (QED) is 0.412. The second-order valence-corrected chi connectivity index (χ2v) is 9.05. The molecule has 0 unspecified atom stereocenters. The minimum absolute atomic E-state index is 0.356. The Balaban J connectivity index is 1.43. The van der Waals surface area contributed by atoms with E-state index < -0.39 is 0 Å². The minimum Gasteiger partial charge on any atom is -0.370 e. The van der Waals surface area contributed by atoms with Crippen molar-refractivity contribution in [1.82, 2.24) is 29.3 Å². The van der Waals surface area contributed by atoms with Crippen molar-refractivity contribution < 1.29 is 0 Å². The van der Waals surface area contributed by atoms with Crippen LogP contribution in [0.4, 0.5) is 11.6 Å². The molecule has 0 saturated carbocycles. The average molecular weight is 433 g/mol. The van der Waals surface area contributed by atoms with Gasteiger partial charge in [0.1, 0.15) is 17.3 Å². The fourth-order valence-corrected chi connectivity index (χ4v) is 4.52. The first-order valence-electron chi connectivity index (χ1n) is 11.6. The number of fused-ring (bicyclic) bond motifs is 2. The van der Waals surface area contributed by atoms with E-state index in [1.807, 2.05) is 29.0 Å². The normalized spacial score (nSPS) is 15.1. The molecule has 32 heavy (non-hydrogen) atoms. The lowest BCUT2D eigenvalue weighted by atomic mass is 9.98.